The van der Waals surface area contributed by atoms with Crippen molar-refractivity contribution in [1.82, 2.24) is 0 Å². The molecule has 0 atom stereocenters. The van der Waals surface area contributed by atoms with E-state index in [0.29, 0.717) is 0 Å². The third-order valence-electron chi connectivity index (χ3n) is 2.28. The molecule has 0 N–H and O–H groups in total. The lowest BCUT2D eigenvalue weighted by Gasteiger charge is -2.19. The second kappa shape index (κ2) is 4.17. The zero-order valence-electron chi connectivity index (χ0n) is 6.57. The maximum Gasteiger partial charge on any atom is 0.0214 e. The van der Waals surface area contributed by atoms with Crippen LogP contribution >= 0.6 is 15.9 Å². The minimum Gasteiger partial charge on any atom is -0.0883 e. The molecule has 0 amide bonds. The standard InChI is InChI=1S/C9H15Br/c1-8-2-4-9(5-3-8)6-7-10/h6,8H,2-5,7H2,1H3. The first-order valence-electron chi connectivity index (χ1n) is 4.07. The van der Waals surface area contributed by atoms with Gasteiger partial charge in [0.2, 0.25) is 0 Å². The summed E-state index contributed by atoms with van der Waals surface area (Å²) < 4.78 is 0. The van der Waals surface area contributed by atoms with Gasteiger partial charge in [0.1, 0.15) is 0 Å². The van der Waals surface area contributed by atoms with Crippen LogP contribution in [0.1, 0.15) is 32.6 Å². The summed E-state index contributed by atoms with van der Waals surface area (Å²) in [5, 5.41) is 1.04. The summed E-state index contributed by atoms with van der Waals surface area (Å²) in [4.78, 5) is 0. The molecular formula is C9H15Br. The number of alkyl halides is 1. The van der Waals surface area contributed by atoms with Crippen molar-refractivity contribution in [1.29, 1.82) is 0 Å². The zero-order valence-corrected chi connectivity index (χ0v) is 8.15. The molecule has 10 heavy (non-hydrogen) atoms. The van der Waals surface area contributed by atoms with Crippen molar-refractivity contribution in [2.75, 3.05) is 5.33 Å². The molecule has 1 saturated carbocycles. The fraction of sp³-hybridized carbons (Fsp3) is 0.778. The molecule has 1 rings (SSSR count). The molecule has 0 aromatic heterocycles. The Morgan fingerprint density at radius 3 is 2.60 bits per heavy atom. The highest BCUT2D eigenvalue weighted by atomic mass is 79.9. The minimum absolute atomic E-state index is 0.965. The molecule has 0 aromatic carbocycles. The first-order chi connectivity index (χ1) is 4.83. The van der Waals surface area contributed by atoms with Crippen LogP contribution in [0.15, 0.2) is 11.6 Å². The predicted octanol–water partition coefficient (Wildman–Crippen LogP) is 3.52. The van der Waals surface area contributed by atoms with Crippen molar-refractivity contribution in [2.24, 2.45) is 5.92 Å². The minimum atomic E-state index is 0.965. The Hall–Kier alpha value is 0.220. The highest BCUT2D eigenvalue weighted by molar-refractivity contribution is 9.09. The van der Waals surface area contributed by atoms with Crippen molar-refractivity contribution in [3.63, 3.8) is 0 Å². The molecule has 0 unspecified atom stereocenters. The van der Waals surface area contributed by atoms with E-state index in [4.69, 9.17) is 0 Å². The van der Waals surface area contributed by atoms with Crippen LogP contribution in [0.2, 0.25) is 0 Å². The SMILES string of the molecule is CC1CCC(=CCBr)CC1. The van der Waals surface area contributed by atoms with Crippen LogP contribution in [0.4, 0.5) is 0 Å². The number of halogens is 1. The van der Waals surface area contributed by atoms with Gasteiger partial charge in [0.15, 0.2) is 0 Å². The molecule has 58 valence electrons. The maximum atomic E-state index is 3.42. The quantitative estimate of drug-likeness (QED) is 0.451. The van der Waals surface area contributed by atoms with Crippen molar-refractivity contribution in [3.8, 4) is 0 Å². The van der Waals surface area contributed by atoms with Crippen LogP contribution in [0.3, 0.4) is 0 Å². The number of rotatable bonds is 1. The largest absolute Gasteiger partial charge is 0.0883 e. The lowest BCUT2D eigenvalue weighted by atomic mass is 9.87. The van der Waals surface area contributed by atoms with E-state index in [1.807, 2.05) is 0 Å². The molecule has 0 radical (unpaired) electrons. The van der Waals surface area contributed by atoms with Gasteiger partial charge in [-0.2, -0.15) is 0 Å². The van der Waals surface area contributed by atoms with Crippen molar-refractivity contribution >= 4 is 15.9 Å². The molecule has 1 aliphatic rings. The first kappa shape index (κ1) is 8.32. The van der Waals surface area contributed by atoms with Crippen LogP contribution in [0.5, 0.6) is 0 Å². The van der Waals surface area contributed by atoms with Gasteiger partial charge in [-0.1, -0.05) is 34.5 Å². The third kappa shape index (κ3) is 2.45. The molecule has 0 saturated heterocycles. The number of hydrogen-bond acceptors (Lipinski definition) is 0. The summed E-state index contributed by atoms with van der Waals surface area (Å²) in [7, 11) is 0. The van der Waals surface area contributed by atoms with Crippen molar-refractivity contribution < 1.29 is 0 Å². The zero-order chi connectivity index (χ0) is 7.40. The number of hydrogen-bond donors (Lipinski definition) is 0. The maximum absolute atomic E-state index is 3.42. The molecule has 0 heterocycles. The highest BCUT2D eigenvalue weighted by Gasteiger charge is 2.10. The molecule has 0 aromatic rings. The van der Waals surface area contributed by atoms with E-state index >= 15 is 0 Å². The molecule has 1 heteroatoms. The van der Waals surface area contributed by atoms with Gasteiger partial charge < -0.3 is 0 Å². The van der Waals surface area contributed by atoms with Crippen LogP contribution in [-0.4, -0.2) is 5.33 Å². The molecule has 0 aliphatic heterocycles. The summed E-state index contributed by atoms with van der Waals surface area (Å²) in [6.45, 7) is 2.35. The average Bonchev–Trinajstić information content (AvgIpc) is 1.95. The van der Waals surface area contributed by atoms with Gasteiger partial charge >= 0.3 is 0 Å². The monoisotopic (exact) mass is 202 g/mol. The predicted molar refractivity (Wildman–Crippen MR) is 49.5 cm³/mol. The third-order valence-corrected chi connectivity index (χ3v) is 2.61. The summed E-state index contributed by atoms with van der Waals surface area (Å²) in [5.41, 5.74) is 1.66. The summed E-state index contributed by atoms with van der Waals surface area (Å²) in [6, 6.07) is 0. The second-order valence-electron chi connectivity index (χ2n) is 3.20. The smallest absolute Gasteiger partial charge is 0.0214 e. The van der Waals surface area contributed by atoms with Crippen LogP contribution in [0.25, 0.3) is 0 Å². The van der Waals surface area contributed by atoms with Crippen molar-refractivity contribution in [2.45, 2.75) is 32.6 Å². The Morgan fingerprint density at radius 1 is 1.50 bits per heavy atom. The van der Waals surface area contributed by atoms with E-state index in [9.17, 15) is 0 Å². The van der Waals surface area contributed by atoms with Crippen molar-refractivity contribution in [3.05, 3.63) is 11.6 Å². The Bertz CT molecular complexity index is 117. The van der Waals surface area contributed by atoms with Crippen LogP contribution < -0.4 is 0 Å². The van der Waals surface area contributed by atoms with Gasteiger partial charge in [0.25, 0.3) is 0 Å². The molecule has 1 aliphatic carbocycles. The summed E-state index contributed by atoms with van der Waals surface area (Å²) in [6.07, 6.45) is 7.81. The van der Waals surface area contributed by atoms with E-state index in [1.165, 1.54) is 25.7 Å². The van der Waals surface area contributed by atoms with Gasteiger partial charge in [-0.05, 0) is 31.6 Å². The number of allylic oxidation sites excluding steroid dienone is 2. The first-order valence-corrected chi connectivity index (χ1v) is 5.19. The Balaban J connectivity index is 2.32. The molecule has 0 spiro atoms. The fourth-order valence-corrected chi connectivity index (χ4v) is 1.90. The Morgan fingerprint density at radius 2 is 2.10 bits per heavy atom. The Labute approximate surface area is 71.8 Å². The molecule has 1 fully saturated rings. The van der Waals surface area contributed by atoms with E-state index in [-0.39, 0.29) is 0 Å². The van der Waals surface area contributed by atoms with Gasteiger partial charge in [0.05, 0.1) is 0 Å². The van der Waals surface area contributed by atoms with Gasteiger partial charge in [-0.25, -0.2) is 0 Å². The highest BCUT2D eigenvalue weighted by Crippen LogP contribution is 2.27. The van der Waals surface area contributed by atoms with Gasteiger partial charge in [-0.15, -0.1) is 0 Å². The van der Waals surface area contributed by atoms with Crippen LogP contribution in [-0.2, 0) is 0 Å². The molecular weight excluding hydrogens is 188 g/mol. The molecule has 0 bridgehead atoms. The normalized spacial score (nSPS) is 26.6. The van der Waals surface area contributed by atoms with E-state index in [0.717, 1.165) is 11.2 Å². The second-order valence-corrected chi connectivity index (χ2v) is 3.85. The summed E-state index contributed by atoms with van der Waals surface area (Å²) >= 11 is 3.42. The van der Waals surface area contributed by atoms with Gasteiger partial charge in [0, 0.05) is 5.33 Å². The lowest BCUT2D eigenvalue weighted by Crippen LogP contribution is -2.03. The van der Waals surface area contributed by atoms with Crippen LogP contribution in [0, 0.1) is 5.92 Å². The molecule has 0 nitrogen and oxygen atoms in total. The van der Waals surface area contributed by atoms with E-state index in [2.05, 4.69) is 28.9 Å². The lowest BCUT2D eigenvalue weighted by molar-refractivity contribution is 0.443. The fourth-order valence-electron chi connectivity index (χ4n) is 1.45. The topological polar surface area (TPSA) is 0 Å². The summed E-state index contributed by atoms with van der Waals surface area (Å²) in [5.74, 6) is 0.965. The Kier molecular flexibility index (Phi) is 3.47. The average molecular weight is 203 g/mol. The van der Waals surface area contributed by atoms with E-state index in [1.54, 1.807) is 5.57 Å². The van der Waals surface area contributed by atoms with E-state index < -0.39 is 0 Å². The van der Waals surface area contributed by atoms with Gasteiger partial charge in [-0.3, -0.25) is 0 Å².